The number of rotatable bonds is 5. The maximum absolute atomic E-state index is 6.25. The second kappa shape index (κ2) is 18.4. The van der Waals surface area contributed by atoms with Crippen LogP contribution in [0.5, 0.6) is 0 Å². The summed E-state index contributed by atoms with van der Waals surface area (Å²) in [4.78, 5) is 0. The summed E-state index contributed by atoms with van der Waals surface area (Å²) < 4.78 is 10.9. The monoisotopic (exact) mass is 341 g/mol. The Balaban J connectivity index is 0. The van der Waals surface area contributed by atoms with Crippen LogP contribution in [-0.4, -0.2) is 19.5 Å². The van der Waals surface area contributed by atoms with Gasteiger partial charge in [0.2, 0.25) is 0 Å². The molecule has 1 aliphatic heterocycles. The summed E-state index contributed by atoms with van der Waals surface area (Å²) in [5.41, 5.74) is 0. The Morgan fingerprint density at radius 2 is 2.30 bits per heavy atom. The first kappa shape index (κ1) is 21.7. The molecule has 3 nitrogen and oxygen atoms in total. The second-order valence-electron chi connectivity index (χ2n) is 3.78. The Labute approximate surface area is 137 Å². The molecule has 1 unspecified atom stereocenters. The van der Waals surface area contributed by atoms with Crippen LogP contribution in [0.4, 0.5) is 0 Å². The molecule has 1 radical (unpaired) electrons. The first-order valence-electron chi connectivity index (χ1n) is 6.32. The minimum Gasteiger partial charge on any atom is -0.518 e. The van der Waals surface area contributed by atoms with E-state index >= 15 is 0 Å². The minimum atomic E-state index is 0. The molecule has 0 N–H and O–H groups in total. The average molecular weight is 342 g/mol. The van der Waals surface area contributed by atoms with Gasteiger partial charge in [0.15, 0.2) is 6.29 Å². The molecule has 0 spiro atoms. The van der Waals surface area contributed by atoms with Crippen molar-refractivity contribution >= 4 is 11.3 Å². The molecule has 117 valence electrons. The van der Waals surface area contributed by atoms with Crippen LogP contribution in [0, 0.1) is 23.8 Å². The normalized spacial score (nSPS) is 16.4. The molecule has 1 fully saturated rings. The maximum atomic E-state index is 6.25. The quantitative estimate of drug-likeness (QED) is 0.463. The van der Waals surface area contributed by atoms with Gasteiger partial charge in [0.1, 0.15) is 0 Å². The van der Waals surface area contributed by atoms with Crippen LogP contribution >= 0.6 is 11.3 Å². The first-order valence-corrected chi connectivity index (χ1v) is 7.20. The number of unbranched alkanes of at least 4 members (excludes halogenated alkanes) is 1. The summed E-state index contributed by atoms with van der Waals surface area (Å²) >= 11 is 1.59. The third kappa shape index (κ3) is 13.8. The molecule has 0 amide bonds. The van der Waals surface area contributed by atoms with E-state index in [1.807, 2.05) is 17.5 Å². The molecule has 0 bridgehead atoms. The molecule has 2 rings (SSSR count). The van der Waals surface area contributed by atoms with Crippen molar-refractivity contribution in [2.45, 2.75) is 38.4 Å². The molecule has 1 atom stereocenters. The molecular formula is C15H20CuNO2S-3. The SMILES string of the molecule is [C-]#N.[CH-]=CCCCOC1CCCCO1.[Cu].[c-]1cccs1. The fraction of sp³-hybridized carbons (Fsp3) is 0.533. The van der Waals surface area contributed by atoms with Gasteiger partial charge < -0.3 is 39.2 Å². The van der Waals surface area contributed by atoms with Gasteiger partial charge in [0.25, 0.3) is 0 Å². The molecule has 1 aromatic heterocycles. The van der Waals surface area contributed by atoms with Crippen molar-refractivity contribution in [3.05, 3.63) is 42.1 Å². The Hall–Kier alpha value is -0.631. The number of nitrogens with zero attached hydrogens (tertiary/aromatic N) is 1. The summed E-state index contributed by atoms with van der Waals surface area (Å²) in [7, 11) is 0. The van der Waals surface area contributed by atoms with E-state index in [1.165, 1.54) is 12.8 Å². The zero-order valence-corrected chi connectivity index (χ0v) is 13.1. The number of hydrogen-bond acceptors (Lipinski definition) is 4. The van der Waals surface area contributed by atoms with E-state index in [0.29, 0.717) is 0 Å². The largest absolute Gasteiger partial charge is 0.518 e. The van der Waals surface area contributed by atoms with Gasteiger partial charge in [-0.2, -0.15) is 11.4 Å². The van der Waals surface area contributed by atoms with E-state index in [-0.39, 0.29) is 23.4 Å². The van der Waals surface area contributed by atoms with Crippen LogP contribution in [0.3, 0.4) is 0 Å². The van der Waals surface area contributed by atoms with Crippen molar-refractivity contribution in [1.29, 1.82) is 5.26 Å². The van der Waals surface area contributed by atoms with Crippen LogP contribution < -0.4 is 0 Å². The fourth-order valence-corrected chi connectivity index (χ4v) is 1.85. The minimum absolute atomic E-state index is 0. The van der Waals surface area contributed by atoms with Crippen molar-refractivity contribution in [3.63, 3.8) is 0 Å². The standard InChI is InChI=1S/C10H17O2.C4H3S.CN.Cu/c1-2-3-5-8-11-10-7-4-6-9-12-10;1-2-4-5-3-1;1-2;/h1-2,10H,3-9H2;1-3H;;/q3*-1;. The predicted molar refractivity (Wildman–Crippen MR) is 75.8 cm³/mol. The van der Waals surface area contributed by atoms with Gasteiger partial charge in [-0.3, -0.25) is 6.08 Å². The van der Waals surface area contributed by atoms with Crippen LogP contribution in [0.15, 0.2) is 23.6 Å². The van der Waals surface area contributed by atoms with Gasteiger partial charge in [-0.15, -0.1) is 5.38 Å². The molecule has 0 aromatic carbocycles. The fourth-order valence-electron chi connectivity index (χ4n) is 1.46. The number of hydrogen-bond donors (Lipinski definition) is 0. The van der Waals surface area contributed by atoms with Crippen molar-refractivity contribution in [3.8, 4) is 0 Å². The predicted octanol–water partition coefficient (Wildman–Crippen LogP) is 3.94. The summed E-state index contributed by atoms with van der Waals surface area (Å²) in [6.07, 6.45) is 7.10. The molecular weight excluding hydrogens is 322 g/mol. The van der Waals surface area contributed by atoms with E-state index in [4.69, 9.17) is 27.9 Å². The average Bonchev–Trinajstić information content (AvgIpc) is 3.06. The first-order chi connectivity index (χ1) is 9.43. The summed E-state index contributed by atoms with van der Waals surface area (Å²) in [6.45, 7) is 11.6. The molecule has 1 aliphatic rings. The van der Waals surface area contributed by atoms with Crippen LogP contribution in [-0.2, 0) is 26.5 Å². The molecule has 0 aliphatic carbocycles. The molecule has 20 heavy (non-hydrogen) atoms. The third-order valence-corrected chi connectivity index (χ3v) is 2.90. The summed E-state index contributed by atoms with van der Waals surface area (Å²) in [5, 5.41) is 11.1. The van der Waals surface area contributed by atoms with E-state index in [0.717, 1.165) is 32.5 Å². The zero-order chi connectivity index (χ0) is 14.2. The molecule has 0 saturated carbocycles. The third-order valence-electron chi connectivity index (χ3n) is 2.34. The van der Waals surface area contributed by atoms with Crippen LogP contribution in [0.2, 0.25) is 0 Å². The van der Waals surface area contributed by atoms with E-state index < -0.39 is 0 Å². The molecule has 5 heteroatoms. The smallest absolute Gasteiger partial charge is 0.157 e. The van der Waals surface area contributed by atoms with Crippen LogP contribution in [0.25, 0.3) is 0 Å². The molecule has 1 aromatic rings. The molecule has 1 saturated heterocycles. The second-order valence-corrected chi connectivity index (χ2v) is 4.52. The van der Waals surface area contributed by atoms with E-state index in [2.05, 4.69) is 5.38 Å². The van der Waals surface area contributed by atoms with E-state index in [9.17, 15) is 0 Å². The van der Waals surface area contributed by atoms with Gasteiger partial charge in [-0.05, 0) is 25.7 Å². The Bertz CT molecular complexity index is 281. The topological polar surface area (TPSA) is 42.2 Å². The Kier molecular flexibility index (Phi) is 19.9. The van der Waals surface area contributed by atoms with Crippen molar-refractivity contribution in [2.75, 3.05) is 13.2 Å². The van der Waals surface area contributed by atoms with Crippen molar-refractivity contribution < 1.29 is 26.5 Å². The van der Waals surface area contributed by atoms with E-state index in [1.54, 1.807) is 17.4 Å². The number of allylic oxidation sites excluding steroid dienone is 1. The van der Waals surface area contributed by atoms with Gasteiger partial charge in [0.05, 0.1) is 0 Å². The zero-order valence-electron chi connectivity index (χ0n) is 11.4. The van der Waals surface area contributed by atoms with Crippen LogP contribution in [0.1, 0.15) is 32.1 Å². The summed E-state index contributed by atoms with van der Waals surface area (Å²) in [5.74, 6) is 0. The molecule has 2 heterocycles. The maximum Gasteiger partial charge on any atom is 0.157 e. The summed E-state index contributed by atoms with van der Waals surface area (Å²) in [6, 6.07) is 3.86. The van der Waals surface area contributed by atoms with Gasteiger partial charge in [-0.1, -0.05) is 6.42 Å². The number of ether oxygens (including phenoxy) is 2. The van der Waals surface area contributed by atoms with Gasteiger partial charge in [0, 0.05) is 30.3 Å². The van der Waals surface area contributed by atoms with Crippen molar-refractivity contribution in [1.82, 2.24) is 0 Å². The number of thiophene rings is 1. The van der Waals surface area contributed by atoms with Gasteiger partial charge in [-0.25, -0.2) is 6.07 Å². The van der Waals surface area contributed by atoms with Crippen molar-refractivity contribution in [2.24, 2.45) is 0 Å². The Morgan fingerprint density at radius 3 is 2.75 bits per heavy atom. The Morgan fingerprint density at radius 1 is 1.50 bits per heavy atom. The van der Waals surface area contributed by atoms with Gasteiger partial charge >= 0.3 is 0 Å².